The van der Waals surface area contributed by atoms with Crippen molar-refractivity contribution in [3.63, 3.8) is 0 Å². The van der Waals surface area contributed by atoms with Gasteiger partial charge in [-0.3, -0.25) is 4.68 Å². The van der Waals surface area contributed by atoms with Crippen molar-refractivity contribution in [3.05, 3.63) is 47.8 Å². The average Bonchev–Trinajstić information content (AvgIpc) is 2.63. The number of aromatic nitrogens is 2. The van der Waals surface area contributed by atoms with E-state index in [-0.39, 0.29) is 0 Å². The molecular weight excluding hydrogens is 188 g/mol. The van der Waals surface area contributed by atoms with E-state index in [1.807, 2.05) is 50.5 Å². The first-order valence-electron chi connectivity index (χ1n) is 4.92. The molecule has 0 fully saturated rings. The Kier molecular flexibility index (Phi) is 2.72. The van der Waals surface area contributed by atoms with Crippen LogP contribution in [-0.4, -0.2) is 9.78 Å². The lowest BCUT2D eigenvalue weighted by atomic mass is 10.2. The lowest BCUT2D eigenvalue weighted by molar-refractivity contribution is 0.298. The van der Waals surface area contributed by atoms with Crippen molar-refractivity contribution in [1.29, 1.82) is 0 Å². The van der Waals surface area contributed by atoms with Gasteiger partial charge in [-0.15, -0.1) is 0 Å². The summed E-state index contributed by atoms with van der Waals surface area (Å²) in [5, 5.41) is 4.25. The van der Waals surface area contributed by atoms with Gasteiger partial charge in [0.25, 0.3) is 0 Å². The fraction of sp³-hybridized carbons (Fsp3) is 0.250. The van der Waals surface area contributed by atoms with Crippen LogP contribution in [0.1, 0.15) is 11.3 Å². The second-order valence-corrected chi connectivity index (χ2v) is 3.53. The third-order valence-electron chi connectivity index (χ3n) is 2.24. The van der Waals surface area contributed by atoms with Gasteiger partial charge in [-0.2, -0.15) is 5.10 Å². The molecule has 2 rings (SSSR count). The summed E-state index contributed by atoms with van der Waals surface area (Å²) in [5.41, 5.74) is 2.09. The van der Waals surface area contributed by atoms with Crippen molar-refractivity contribution in [2.75, 3.05) is 0 Å². The van der Waals surface area contributed by atoms with Crippen LogP contribution in [0.15, 0.2) is 36.5 Å². The summed E-state index contributed by atoms with van der Waals surface area (Å²) in [6, 6.07) is 9.94. The lowest BCUT2D eigenvalue weighted by Gasteiger charge is -2.06. The summed E-state index contributed by atoms with van der Waals surface area (Å²) in [5.74, 6) is 0.920. The fourth-order valence-corrected chi connectivity index (χ4v) is 1.41. The predicted molar refractivity (Wildman–Crippen MR) is 58.7 cm³/mol. The zero-order valence-corrected chi connectivity index (χ0v) is 8.97. The van der Waals surface area contributed by atoms with Gasteiger partial charge < -0.3 is 4.74 Å². The number of nitrogens with zero attached hydrogens (tertiary/aromatic N) is 2. The predicted octanol–water partition coefficient (Wildman–Crippen LogP) is 2.31. The smallest absolute Gasteiger partial charge is 0.132 e. The van der Waals surface area contributed by atoms with Gasteiger partial charge in [0.1, 0.15) is 12.4 Å². The Bertz CT molecular complexity index is 448. The van der Waals surface area contributed by atoms with E-state index in [0.29, 0.717) is 6.61 Å². The molecule has 78 valence electrons. The number of benzene rings is 1. The fourth-order valence-electron chi connectivity index (χ4n) is 1.41. The first kappa shape index (κ1) is 9.77. The third kappa shape index (κ3) is 2.37. The van der Waals surface area contributed by atoms with E-state index in [0.717, 1.165) is 17.0 Å². The number of ether oxygens (including phenoxy) is 1. The molecule has 0 unspecified atom stereocenters. The molecule has 0 radical (unpaired) electrons. The minimum absolute atomic E-state index is 0.520. The molecule has 1 aromatic heterocycles. The highest BCUT2D eigenvalue weighted by Gasteiger charge is 2.00. The Hall–Kier alpha value is -1.77. The number of para-hydroxylation sites is 1. The Morgan fingerprint density at radius 3 is 2.73 bits per heavy atom. The van der Waals surface area contributed by atoms with E-state index in [9.17, 15) is 0 Å². The van der Waals surface area contributed by atoms with E-state index in [1.54, 1.807) is 4.68 Å². The second kappa shape index (κ2) is 4.17. The molecule has 3 nitrogen and oxygen atoms in total. The molecule has 0 saturated heterocycles. The summed E-state index contributed by atoms with van der Waals surface area (Å²) in [4.78, 5) is 0. The number of rotatable bonds is 3. The first-order chi connectivity index (χ1) is 7.25. The van der Waals surface area contributed by atoms with Crippen LogP contribution >= 0.6 is 0 Å². The molecule has 3 heteroatoms. The maximum absolute atomic E-state index is 5.66. The highest BCUT2D eigenvalue weighted by Crippen LogP contribution is 2.17. The zero-order chi connectivity index (χ0) is 10.7. The molecule has 0 spiro atoms. The molecule has 2 aromatic rings. The minimum Gasteiger partial charge on any atom is -0.487 e. The van der Waals surface area contributed by atoms with Crippen LogP contribution < -0.4 is 4.74 Å². The Morgan fingerprint density at radius 2 is 2.07 bits per heavy atom. The van der Waals surface area contributed by atoms with Crippen LogP contribution in [0.4, 0.5) is 0 Å². The van der Waals surface area contributed by atoms with Gasteiger partial charge in [0.15, 0.2) is 0 Å². The topological polar surface area (TPSA) is 27.1 Å². The van der Waals surface area contributed by atoms with Crippen molar-refractivity contribution in [2.24, 2.45) is 7.05 Å². The Balaban J connectivity index is 2.02. The average molecular weight is 202 g/mol. The minimum atomic E-state index is 0.520. The molecular formula is C12H14N2O. The van der Waals surface area contributed by atoms with E-state index >= 15 is 0 Å². The van der Waals surface area contributed by atoms with Crippen molar-refractivity contribution in [3.8, 4) is 5.75 Å². The van der Waals surface area contributed by atoms with Crippen LogP contribution in [0.25, 0.3) is 0 Å². The van der Waals surface area contributed by atoms with Crippen molar-refractivity contribution in [1.82, 2.24) is 9.78 Å². The molecule has 0 saturated carbocycles. The normalized spacial score (nSPS) is 10.3. The van der Waals surface area contributed by atoms with Gasteiger partial charge in [0.2, 0.25) is 0 Å². The van der Waals surface area contributed by atoms with Crippen LogP contribution in [0.3, 0.4) is 0 Å². The van der Waals surface area contributed by atoms with Crippen LogP contribution in [0, 0.1) is 6.92 Å². The highest BCUT2D eigenvalue weighted by atomic mass is 16.5. The van der Waals surface area contributed by atoms with Gasteiger partial charge in [-0.05, 0) is 24.6 Å². The molecule has 1 heterocycles. The standard InChI is InChI=1S/C12H14N2O/c1-10-5-3-4-6-12(10)15-9-11-7-8-14(2)13-11/h3-8H,9H2,1-2H3. The Morgan fingerprint density at radius 1 is 1.27 bits per heavy atom. The highest BCUT2D eigenvalue weighted by molar-refractivity contribution is 5.31. The van der Waals surface area contributed by atoms with E-state index in [4.69, 9.17) is 4.74 Å². The number of aryl methyl sites for hydroxylation is 2. The van der Waals surface area contributed by atoms with Crippen molar-refractivity contribution in [2.45, 2.75) is 13.5 Å². The zero-order valence-electron chi connectivity index (χ0n) is 8.97. The summed E-state index contributed by atoms with van der Waals surface area (Å²) in [6.45, 7) is 2.56. The SMILES string of the molecule is Cc1ccccc1OCc1ccn(C)n1. The molecule has 1 aromatic carbocycles. The van der Waals surface area contributed by atoms with Crippen molar-refractivity contribution < 1.29 is 4.74 Å². The van der Waals surface area contributed by atoms with Gasteiger partial charge in [-0.25, -0.2) is 0 Å². The van der Waals surface area contributed by atoms with Crippen LogP contribution in [0.2, 0.25) is 0 Å². The maximum atomic E-state index is 5.66. The number of hydrogen-bond donors (Lipinski definition) is 0. The largest absolute Gasteiger partial charge is 0.487 e. The quantitative estimate of drug-likeness (QED) is 0.763. The van der Waals surface area contributed by atoms with Crippen LogP contribution in [0.5, 0.6) is 5.75 Å². The Labute approximate surface area is 89.3 Å². The molecule has 0 amide bonds. The van der Waals surface area contributed by atoms with Crippen molar-refractivity contribution >= 4 is 0 Å². The third-order valence-corrected chi connectivity index (χ3v) is 2.24. The van der Waals surface area contributed by atoms with Gasteiger partial charge in [-0.1, -0.05) is 18.2 Å². The lowest BCUT2D eigenvalue weighted by Crippen LogP contribution is -1.98. The van der Waals surface area contributed by atoms with Gasteiger partial charge in [0, 0.05) is 13.2 Å². The van der Waals surface area contributed by atoms with E-state index in [1.165, 1.54) is 0 Å². The monoisotopic (exact) mass is 202 g/mol. The molecule has 0 N–H and O–H groups in total. The van der Waals surface area contributed by atoms with E-state index < -0.39 is 0 Å². The van der Waals surface area contributed by atoms with Crippen LogP contribution in [-0.2, 0) is 13.7 Å². The summed E-state index contributed by atoms with van der Waals surface area (Å²) in [6.07, 6.45) is 1.91. The summed E-state index contributed by atoms with van der Waals surface area (Å²) < 4.78 is 7.43. The second-order valence-electron chi connectivity index (χ2n) is 3.53. The first-order valence-corrected chi connectivity index (χ1v) is 4.92. The van der Waals surface area contributed by atoms with E-state index in [2.05, 4.69) is 5.10 Å². The molecule has 15 heavy (non-hydrogen) atoms. The molecule has 0 atom stereocenters. The van der Waals surface area contributed by atoms with Gasteiger partial charge in [0.05, 0.1) is 5.69 Å². The molecule has 0 aliphatic carbocycles. The molecule has 0 aliphatic heterocycles. The van der Waals surface area contributed by atoms with Gasteiger partial charge >= 0.3 is 0 Å². The summed E-state index contributed by atoms with van der Waals surface area (Å²) >= 11 is 0. The molecule has 0 bridgehead atoms. The maximum Gasteiger partial charge on any atom is 0.132 e. The summed E-state index contributed by atoms with van der Waals surface area (Å²) in [7, 11) is 1.90. The number of hydrogen-bond acceptors (Lipinski definition) is 2. The molecule has 0 aliphatic rings.